The van der Waals surface area contributed by atoms with Gasteiger partial charge >= 0.3 is 0 Å². The summed E-state index contributed by atoms with van der Waals surface area (Å²) in [5.41, 5.74) is 1.77. The Hall–Kier alpha value is -2.74. The van der Waals surface area contributed by atoms with E-state index in [2.05, 4.69) is 4.98 Å². The van der Waals surface area contributed by atoms with E-state index in [4.69, 9.17) is 5.26 Å². The van der Waals surface area contributed by atoms with Crippen molar-refractivity contribution in [2.75, 3.05) is 0 Å². The summed E-state index contributed by atoms with van der Waals surface area (Å²) in [7, 11) is 0. The average Bonchev–Trinajstić information content (AvgIpc) is 2.82. The lowest BCUT2D eigenvalue weighted by molar-refractivity contribution is 0.495. The SMILES string of the molecule is N#CCc1nc2ccccc2n1Cc1cccc(F)c1F. The summed E-state index contributed by atoms with van der Waals surface area (Å²) >= 11 is 0. The molecule has 0 aliphatic heterocycles. The van der Waals surface area contributed by atoms with Gasteiger partial charge in [-0.1, -0.05) is 24.3 Å². The Kier molecular flexibility index (Phi) is 3.36. The third-order valence-electron chi connectivity index (χ3n) is 3.33. The van der Waals surface area contributed by atoms with Gasteiger partial charge in [0.2, 0.25) is 0 Å². The molecule has 0 saturated heterocycles. The molecule has 0 saturated carbocycles. The number of rotatable bonds is 3. The van der Waals surface area contributed by atoms with E-state index in [1.54, 1.807) is 4.57 Å². The Morgan fingerprint density at radius 2 is 1.90 bits per heavy atom. The number of benzene rings is 2. The topological polar surface area (TPSA) is 41.6 Å². The zero-order valence-corrected chi connectivity index (χ0v) is 11.1. The third kappa shape index (κ3) is 2.36. The maximum atomic E-state index is 13.8. The van der Waals surface area contributed by atoms with Gasteiger partial charge in [-0.3, -0.25) is 0 Å². The lowest BCUT2D eigenvalue weighted by atomic mass is 10.2. The predicted octanol–water partition coefficient (Wildman–Crippen LogP) is 3.43. The minimum atomic E-state index is -0.876. The molecule has 3 rings (SSSR count). The van der Waals surface area contributed by atoms with Crippen LogP contribution in [0.25, 0.3) is 11.0 Å². The quantitative estimate of drug-likeness (QED) is 0.739. The molecular weight excluding hydrogens is 272 g/mol. The van der Waals surface area contributed by atoms with Crippen molar-refractivity contribution in [3.05, 3.63) is 65.5 Å². The van der Waals surface area contributed by atoms with Gasteiger partial charge in [0.1, 0.15) is 5.82 Å². The number of hydrogen-bond acceptors (Lipinski definition) is 2. The fourth-order valence-electron chi connectivity index (χ4n) is 2.35. The second kappa shape index (κ2) is 5.33. The van der Waals surface area contributed by atoms with Gasteiger partial charge in [0, 0.05) is 5.56 Å². The van der Waals surface area contributed by atoms with Crippen LogP contribution in [0.4, 0.5) is 8.78 Å². The normalized spacial score (nSPS) is 10.7. The first-order chi connectivity index (χ1) is 10.2. The van der Waals surface area contributed by atoms with E-state index >= 15 is 0 Å². The summed E-state index contributed by atoms with van der Waals surface area (Å²) in [6.45, 7) is 0.140. The molecule has 0 fully saturated rings. The number of nitrogens with zero attached hydrogens (tertiary/aromatic N) is 3. The highest BCUT2D eigenvalue weighted by Crippen LogP contribution is 2.20. The summed E-state index contributed by atoms with van der Waals surface area (Å²) in [5, 5.41) is 8.90. The number of imidazole rings is 1. The molecule has 0 bridgehead atoms. The summed E-state index contributed by atoms with van der Waals surface area (Å²) in [6, 6.07) is 13.5. The minimum Gasteiger partial charge on any atom is -0.322 e. The smallest absolute Gasteiger partial charge is 0.163 e. The lowest BCUT2D eigenvalue weighted by Gasteiger charge is -2.09. The minimum absolute atomic E-state index is 0.117. The Morgan fingerprint density at radius 1 is 1.10 bits per heavy atom. The molecule has 5 heteroatoms. The van der Waals surface area contributed by atoms with Crippen LogP contribution in [0.2, 0.25) is 0 Å². The molecule has 1 aromatic heterocycles. The van der Waals surface area contributed by atoms with E-state index in [1.807, 2.05) is 30.3 Å². The van der Waals surface area contributed by atoms with Gasteiger partial charge in [-0.15, -0.1) is 0 Å². The van der Waals surface area contributed by atoms with Gasteiger partial charge in [0.15, 0.2) is 11.6 Å². The molecule has 104 valence electrons. The molecule has 1 heterocycles. The standard InChI is InChI=1S/C16H11F2N3/c17-12-5-3-4-11(16(12)18)10-21-14-7-2-1-6-13(14)20-15(21)8-9-19/h1-7H,8,10H2. The van der Waals surface area contributed by atoms with Crippen LogP contribution in [0.1, 0.15) is 11.4 Å². The second-order valence-corrected chi connectivity index (χ2v) is 4.65. The van der Waals surface area contributed by atoms with Crippen molar-refractivity contribution in [1.82, 2.24) is 9.55 Å². The molecule has 3 nitrogen and oxygen atoms in total. The highest BCUT2D eigenvalue weighted by Gasteiger charge is 2.14. The maximum Gasteiger partial charge on any atom is 0.163 e. The summed E-state index contributed by atoms with van der Waals surface area (Å²) in [6.07, 6.45) is 0.117. The van der Waals surface area contributed by atoms with Crippen LogP contribution >= 0.6 is 0 Å². The van der Waals surface area contributed by atoms with Crippen LogP contribution in [-0.2, 0) is 13.0 Å². The summed E-state index contributed by atoms with van der Waals surface area (Å²) in [4.78, 5) is 4.37. The van der Waals surface area contributed by atoms with Gasteiger partial charge in [-0.05, 0) is 18.2 Å². The Morgan fingerprint density at radius 3 is 2.71 bits per heavy atom. The molecule has 0 spiro atoms. The molecule has 0 aliphatic rings. The molecule has 0 radical (unpaired) electrons. The van der Waals surface area contributed by atoms with Crippen LogP contribution in [0.5, 0.6) is 0 Å². The zero-order valence-electron chi connectivity index (χ0n) is 11.1. The third-order valence-corrected chi connectivity index (χ3v) is 3.33. The van der Waals surface area contributed by atoms with E-state index < -0.39 is 11.6 Å². The predicted molar refractivity (Wildman–Crippen MR) is 74.5 cm³/mol. The summed E-state index contributed by atoms with van der Waals surface area (Å²) < 4.78 is 28.9. The van der Waals surface area contributed by atoms with Gasteiger partial charge < -0.3 is 4.57 Å². The molecule has 21 heavy (non-hydrogen) atoms. The molecule has 2 aromatic carbocycles. The molecule has 3 aromatic rings. The van der Waals surface area contributed by atoms with E-state index in [-0.39, 0.29) is 18.5 Å². The van der Waals surface area contributed by atoms with Crippen LogP contribution in [0, 0.1) is 23.0 Å². The van der Waals surface area contributed by atoms with E-state index in [0.29, 0.717) is 5.82 Å². The highest BCUT2D eigenvalue weighted by molar-refractivity contribution is 5.76. The first kappa shape index (κ1) is 13.3. The van der Waals surface area contributed by atoms with Crippen molar-refractivity contribution in [3.63, 3.8) is 0 Å². The van der Waals surface area contributed by atoms with Gasteiger partial charge in [0.05, 0.1) is 30.1 Å². The fraction of sp³-hybridized carbons (Fsp3) is 0.125. The van der Waals surface area contributed by atoms with Gasteiger partial charge in [-0.2, -0.15) is 5.26 Å². The largest absolute Gasteiger partial charge is 0.322 e. The first-order valence-electron chi connectivity index (χ1n) is 6.44. The highest BCUT2D eigenvalue weighted by atomic mass is 19.2. The summed E-state index contributed by atoms with van der Waals surface area (Å²) in [5.74, 6) is -1.20. The maximum absolute atomic E-state index is 13.8. The Bertz CT molecular complexity index is 846. The fourth-order valence-corrected chi connectivity index (χ4v) is 2.35. The van der Waals surface area contributed by atoms with Gasteiger partial charge in [-0.25, -0.2) is 13.8 Å². The van der Waals surface area contributed by atoms with Crippen LogP contribution < -0.4 is 0 Å². The van der Waals surface area contributed by atoms with Crippen molar-refractivity contribution in [3.8, 4) is 6.07 Å². The van der Waals surface area contributed by atoms with Gasteiger partial charge in [0.25, 0.3) is 0 Å². The number of fused-ring (bicyclic) bond motifs is 1. The first-order valence-corrected chi connectivity index (χ1v) is 6.44. The van der Waals surface area contributed by atoms with Crippen LogP contribution in [0.3, 0.4) is 0 Å². The molecule has 0 amide bonds. The molecule has 0 aliphatic carbocycles. The number of hydrogen-bond donors (Lipinski definition) is 0. The van der Waals surface area contributed by atoms with E-state index in [0.717, 1.165) is 17.1 Å². The molecule has 0 N–H and O–H groups in total. The number of para-hydroxylation sites is 2. The zero-order chi connectivity index (χ0) is 14.8. The monoisotopic (exact) mass is 283 g/mol. The lowest BCUT2D eigenvalue weighted by Crippen LogP contribution is -2.07. The van der Waals surface area contributed by atoms with Crippen molar-refractivity contribution >= 4 is 11.0 Å². The molecule has 0 atom stereocenters. The van der Waals surface area contributed by atoms with Crippen molar-refractivity contribution in [2.45, 2.75) is 13.0 Å². The van der Waals surface area contributed by atoms with Crippen molar-refractivity contribution in [2.24, 2.45) is 0 Å². The van der Waals surface area contributed by atoms with Crippen molar-refractivity contribution < 1.29 is 8.78 Å². The number of aromatic nitrogens is 2. The average molecular weight is 283 g/mol. The van der Waals surface area contributed by atoms with Crippen LogP contribution in [0.15, 0.2) is 42.5 Å². The Labute approximate surface area is 120 Å². The second-order valence-electron chi connectivity index (χ2n) is 4.65. The Balaban J connectivity index is 2.13. The van der Waals surface area contributed by atoms with Crippen molar-refractivity contribution in [1.29, 1.82) is 5.26 Å². The number of halogens is 2. The number of nitriles is 1. The molecule has 0 unspecified atom stereocenters. The molecular formula is C16H11F2N3. The van der Waals surface area contributed by atoms with Crippen LogP contribution in [-0.4, -0.2) is 9.55 Å². The van der Waals surface area contributed by atoms with E-state index in [9.17, 15) is 8.78 Å². The van der Waals surface area contributed by atoms with E-state index in [1.165, 1.54) is 12.1 Å².